The van der Waals surface area contributed by atoms with Gasteiger partial charge in [0.2, 0.25) is 0 Å². The second-order valence-electron chi connectivity index (χ2n) is 13.0. The molecule has 3 saturated carbocycles. The smallest absolute Gasteiger partial charge is 0.0759 e. The Bertz CT molecular complexity index is 668. The monoisotopic (exact) mass is 430 g/mol. The lowest BCUT2D eigenvalue weighted by atomic mass is 9.46. The van der Waals surface area contributed by atoms with Crippen molar-refractivity contribution < 1.29 is 10.2 Å². The topological polar surface area (TPSA) is 40.5 Å². The van der Waals surface area contributed by atoms with Crippen LogP contribution in [-0.4, -0.2) is 22.4 Å². The van der Waals surface area contributed by atoms with Gasteiger partial charge in [-0.2, -0.15) is 0 Å². The maximum atomic E-state index is 11.2. The highest BCUT2D eigenvalue weighted by Crippen LogP contribution is 2.67. The standard InChI is InChI=1S/C29H50O2/c1-7-20(18(2)3)9-8-19(4)23-10-11-24-22-17-27(31)26-16-21(30)12-14-29(26,6)25(22)13-15-28(23,24)5/h16,18-25,27,30-31H,7-15,17H2,1-6H3/t19?,20?,21?,22-,23+,24-,25-,27?,28+,29+/m0/s1. The van der Waals surface area contributed by atoms with Gasteiger partial charge in [0.05, 0.1) is 12.2 Å². The molecular weight excluding hydrogens is 380 g/mol. The molecule has 0 amide bonds. The molecule has 0 aliphatic heterocycles. The molecule has 4 rings (SSSR count). The fourth-order valence-electron chi connectivity index (χ4n) is 9.42. The Kier molecular flexibility index (Phi) is 6.75. The zero-order valence-electron chi connectivity index (χ0n) is 21.2. The van der Waals surface area contributed by atoms with Gasteiger partial charge < -0.3 is 10.2 Å². The van der Waals surface area contributed by atoms with Crippen molar-refractivity contribution in [2.24, 2.45) is 52.3 Å². The van der Waals surface area contributed by atoms with Crippen molar-refractivity contribution in [1.29, 1.82) is 0 Å². The van der Waals surface area contributed by atoms with Gasteiger partial charge in [0.1, 0.15) is 0 Å². The van der Waals surface area contributed by atoms with E-state index in [9.17, 15) is 10.2 Å². The lowest BCUT2D eigenvalue weighted by Crippen LogP contribution is -2.54. The number of hydrogen-bond acceptors (Lipinski definition) is 2. The average molecular weight is 431 g/mol. The van der Waals surface area contributed by atoms with Crippen LogP contribution in [0.2, 0.25) is 0 Å². The molecule has 31 heavy (non-hydrogen) atoms. The van der Waals surface area contributed by atoms with Gasteiger partial charge in [-0.25, -0.2) is 0 Å². The predicted octanol–water partition coefficient (Wildman–Crippen LogP) is 7.00. The number of hydrogen-bond donors (Lipinski definition) is 2. The minimum Gasteiger partial charge on any atom is -0.389 e. The van der Waals surface area contributed by atoms with Gasteiger partial charge in [-0.3, -0.25) is 0 Å². The molecule has 4 unspecified atom stereocenters. The Balaban J connectivity index is 1.50. The Hall–Kier alpha value is -0.340. The van der Waals surface area contributed by atoms with Crippen LogP contribution in [0.25, 0.3) is 0 Å². The highest BCUT2D eigenvalue weighted by atomic mass is 16.3. The third-order valence-corrected chi connectivity index (χ3v) is 11.3. The minimum absolute atomic E-state index is 0.109. The first-order valence-corrected chi connectivity index (χ1v) is 13.7. The van der Waals surface area contributed by atoms with Crippen molar-refractivity contribution in [2.75, 3.05) is 0 Å². The molecule has 4 aliphatic rings. The Labute approximate surface area is 192 Å². The molecule has 2 nitrogen and oxygen atoms in total. The van der Waals surface area contributed by atoms with Gasteiger partial charge in [0, 0.05) is 0 Å². The zero-order chi connectivity index (χ0) is 22.6. The molecule has 4 aliphatic carbocycles. The second kappa shape index (κ2) is 8.79. The van der Waals surface area contributed by atoms with Crippen molar-refractivity contribution in [3.8, 4) is 0 Å². The molecule has 0 aromatic carbocycles. The van der Waals surface area contributed by atoms with Crippen LogP contribution >= 0.6 is 0 Å². The minimum atomic E-state index is -0.349. The normalized spacial score (nSPS) is 46.7. The van der Waals surface area contributed by atoms with E-state index in [0.717, 1.165) is 48.9 Å². The van der Waals surface area contributed by atoms with Gasteiger partial charge in [-0.05, 0) is 109 Å². The first-order valence-electron chi connectivity index (χ1n) is 13.7. The van der Waals surface area contributed by atoms with E-state index in [0.29, 0.717) is 17.3 Å². The number of rotatable bonds is 6. The first-order chi connectivity index (χ1) is 14.6. The van der Waals surface area contributed by atoms with Gasteiger partial charge in [0.25, 0.3) is 0 Å². The highest BCUT2D eigenvalue weighted by molar-refractivity contribution is 5.29. The predicted molar refractivity (Wildman–Crippen MR) is 130 cm³/mol. The maximum absolute atomic E-state index is 11.2. The summed E-state index contributed by atoms with van der Waals surface area (Å²) in [7, 11) is 0. The lowest BCUT2D eigenvalue weighted by Gasteiger charge is -2.60. The molecule has 178 valence electrons. The summed E-state index contributed by atoms with van der Waals surface area (Å²) in [6.07, 6.45) is 13.8. The average Bonchev–Trinajstić information content (AvgIpc) is 3.07. The number of aliphatic hydroxyl groups is 2. The molecule has 2 heteroatoms. The van der Waals surface area contributed by atoms with E-state index in [2.05, 4.69) is 41.5 Å². The maximum Gasteiger partial charge on any atom is 0.0759 e. The quantitative estimate of drug-likeness (QED) is 0.446. The van der Waals surface area contributed by atoms with Gasteiger partial charge in [0.15, 0.2) is 0 Å². The van der Waals surface area contributed by atoms with Crippen molar-refractivity contribution in [2.45, 2.75) is 118 Å². The summed E-state index contributed by atoms with van der Waals surface area (Å²) in [5.41, 5.74) is 1.75. The van der Waals surface area contributed by atoms with E-state index >= 15 is 0 Å². The SMILES string of the molecule is CCC(CCC(C)[C@H]1CC[C@H]2[C@@H]3CC(O)C4=CC(O)CC[C@]4(C)[C@H]3CC[C@]12C)C(C)C. The number of aliphatic hydroxyl groups excluding tert-OH is 2. The third-order valence-electron chi connectivity index (χ3n) is 11.3. The molecule has 2 N–H and O–H groups in total. The van der Waals surface area contributed by atoms with Gasteiger partial charge >= 0.3 is 0 Å². The second-order valence-corrected chi connectivity index (χ2v) is 13.0. The summed E-state index contributed by atoms with van der Waals surface area (Å²) in [5, 5.41) is 21.4. The molecule has 0 bridgehead atoms. The zero-order valence-corrected chi connectivity index (χ0v) is 21.2. The highest BCUT2D eigenvalue weighted by Gasteiger charge is 2.60. The number of fused-ring (bicyclic) bond motifs is 5. The lowest BCUT2D eigenvalue weighted by molar-refractivity contribution is -0.0875. The molecule has 0 aromatic heterocycles. The largest absolute Gasteiger partial charge is 0.389 e. The van der Waals surface area contributed by atoms with Crippen molar-refractivity contribution in [3.63, 3.8) is 0 Å². The van der Waals surface area contributed by atoms with Crippen LogP contribution in [-0.2, 0) is 0 Å². The van der Waals surface area contributed by atoms with E-state index in [4.69, 9.17) is 0 Å². The van der Waals surface area contributed by atoms with Gasteiger partial charge in [-0.1, -0.05) is 60.5 Å². The van der Waals surface area contributed by atoms with Crippen LogP contribution < -0.4 is 0 Å². The summed E-state index contributed by atoms with van der Waals surface area (Å²) in [6.45, 7) is 14.8. The van der Waals surface area contributed by atoms with E-state index in [1.165, 1.54) is 50.5 Å². The fourth-order valence-corrected chi connectivity index (χ4v) is 9.42. The molecule has 10 atom stereocenters. The van der Waals surface area contributed by atoms with Crippen LogP contribution in [0.3, 0.4) is 0 Å². The van der Waals surface area contributed by atoms with E-state index in [1.54, 1.807) is 0 Å². The van der Waals surface area contributed by atoms with E-state index < -0.39 is 0 Å². The van der Waals surface area contributed by atoms with Crippen molar-refractivity contribution in [3.05, 3.63) is 11.6 Å². The summed E-state index contributed by atoms with van der Waals surface area (Å²) >= 11 is 0. The van der Waals surface area contributed by atoms with Crippen molar-refractivity contribution in [1.82, 2.24) is 0 Å². The summed E-state index contributed by atoms with van der Waals surface area (Å²) in [6, 6.07) is 0. The Morgan fingerprint density at radius 1 is 0.968 bits per heavy atom. The van der Waals surface area contributed by atoms with Gasteiger partial charge in [-0.15, -0.1) is 0 Å². The Morgan fingerprint density at radius 2 is 1.71 bits per heavy atom. The Morgan fingerprint density at radius 3 is 2.39 bits per heavy atom. The molecular formula is C29H50O2. The van der Waals surface area contributed by atoms with Crippen LogP contribution in [0.15, 0.2) is 11.6 Å². The van der Waals surface area contributed by atoms with E-state index in [1.807, 2.05) is 6.08 Å². The van der Waals surface area contributed by atoms with Crippen LogP contribution in [0.5, 0.6) is 0 Å². The molecule has 0 saturated heterocycles. The molecule has 0 heterocycles. The fraction of sp³-hybridized carbons (Fsp3) is 0.931. The van der Waals surface area contributed by atoms with Crippen LogP contribution in [0.1, 0.15) is 106 Å². The molecule has 3 fully saturated rings. The first kappa shape index (κ1) is 23.8. The summed E-state index contributed by atoms with van der Waals surface area (Å²) in [5.74, 6) is 5.52. The van der Waals surface area contributed by atoms with Crippen LogP contribution in [0, 0.1) is 52.3 Å². The van der Waals surface area contributed by atoms with Crippen LogP contribution in [0.4, 0.5) is 0 Å². The molecule has 0 aromatic rings. The van der Waals surface area contributed by atoms with Crippen molar-refractivity contribution >= 4 is 0 Å². The summed E-state index contributed by atoms with van der Waals surface area (Å²) in [4.78, 5) is 0. The molecule has 0 radical (unpaired) electrons. The van der Waals surface area contributed by atoms with E-state index in [-0.39, 0.29) is 17.6 Å². The third kappa shape index (κ3) is 3.96. The summed E-state index contributed by atoms with van der Waals surface area (Å²) < 4.78 is 0. The molecule has 0 spiro atoms.